The number of nitrogens with zero attached hydrogens (tertiary/aromatic N) is 2. The van der Waals surface area contributed by atoms with E-state index in [2.05, 4.69) is 14.9 Å². The Morgan fingerprint density at radius 1 is 1.42 bits per heavy atom. The summed E-state index contributed by atoms with van der Waals surface area (Å²) in [6, 6.07) is 3.14. The Morgan fingerprint density at radius 3 is 2.88 bits per heavy atom. The number of aryl methyl sites for hydroxylation is 1. The number of halogens is 2. The Labute approximate surface area is 145 Å². The first-order valence-electron chi connectivity index (χ1n) is 8.14. The summed E-state index contributed by atoms with van der Waals surface area (Å²) in [7, 11) is 0. The van der Waals surface area contributed by atoms with Crippen molar-refractivity contribution < 1.29 is 4.39 Å². The molecule has 2 aromatic rings. The van der Waals surface area contributed by atoms with Gasteiger partial charge >= 0.3 is 0 Å². The van der Waals surface area contributed by atoms with Gasteiger partial charge in [0.05, 0.1) is 10.7 Å². The van der Waals surface area contributed by atoms with Crippen molar-refractivity contribution in [1.29, 1.82) is 0 Å². The maximum Gasteiger partial charge on any atom is 0.254 e. The topological polar surface area (TPSA) is 49.0 Å². The smallest absolute Gasteiger partial charge is 0.254 e. The van der Waals surface area contributed by atoms with Crippen LogP contribution in [-0.2, 0) is 19.5 Å². The van der Waals surface area contributed by atoms with Crippen molar-refractivity contribution in [2.45, 2.75) is 46.2 Å². The summed E-state index contributed by atoms with van der Waals surface area (Å²) in [5.41, 5.74) is 2.85. The fourth-order valence-electron chi connectivity index (χ4n) is 3.00. The molecule has 1 aliphatic rings. The normalized spacial score (nSPS) is 14.9. The third-order valence-corrected chi connectivity index (χ3v) is 5.00. The molecule has 0 amide bonds. The highest BCUT2D eigenvalue weighted by atomic mass is 35.5. The molecule has 0 aliphatic carbocycles. The molecule has 1 aromatic heterocycles. The maximum absolute atomic E-state index is 14.1. The van der Waals surface area contributed by atoms with Crippen molar-refractivity contribution in [3.63, 3.8) is 0 Å². The lowest BCUT2D eigenvalue weighted by Crippen LogP contribution is -2.35. The van der Waals surface area contributed by atoms with Crippen molar-refractivity contribution in [2.75, 3.05) is 6.54 Å². The molecule has 0 saturated carbocycles. The number of rotatable bonds is 3. The summed E-state index contributed by atoms with van der Waals surface area (Å²) >= 11 is 6.27. The Balaban J connectivity index is 1.88. The van der Waals surface area contributed by atoms with E-state index >= 15 is 0 Å². The zero-order valence-corrected chi connectivity index (χ0v) is 14.9. The van der Waals surface area contributed by atoms with Crippen LogP contribution < -0.4 is 5.56 Å². The van der Waals surface area contributed by atoms with E-state index in [4.69, 9.17) is 11.6 Å². The second kappa shape index (κ2) is 6.65. The van der Waals surface area contributed by atoms with Crippen LogP contribution in [-0.4, -0.2) is 21.4 Å². The number of fused-ring (bicyclic) bond motifs is 1. The van der Waals surface area contributed by atoms with E-state index in [9.17, 15) is 9.18 Å². The molecule has 0 bridgehead atoms. The molecule has 128 valence electrons. The molecule has 0 spiro atoms. The lowest BCUT2D eigenvalue weighted by atomic mass is 10.0. The molecule has 0 radical (unpaired) electrons. The van der Waals surface area contributed by atoms with E-state index in [1.807, 2.05) is 20.8 Å². The van der Waals surface area contributed by atoms with E-state index in [0.29, 0.717) is 42.5 Å². The van der Waals surface area contributed by atoms with Crippen LogP contribution >= 0.6 is 11.6 Å². The summed E-state index contributed by atoms with van der Waals surface area (Å²) in [5.74, 6) is 0.556. The predicted molar refractivity (Wildman–Crippen MR) is 92.9 cm³/mol. The van der Waals surface area contributed by atoms with Crippen molar-refractivity contribution in [1.82, 2.24) is 14.9 Å². The first-order valence-corrected chi connectivity index (χ1v) is 8.52. The maximum atomic E-state index is 14.1. The van der Waals surface area contributed by atoms with Crippen molar-refractivity contribution in [2.24, 2.45) is 0 Å². The minimum Gasteiger partial charge on any atom is -0.310 e. The van der Waals surface area contributed by atoms with Gasteiger partial charge in [0, 0.05) is 36.7 Å². The van der Waals surface area contributed by atoms with Crippen LogP contribution in [0.15, 0.2) is 16.9 Å². The minimum atomic E-state index is -0.293. The van der Waals surface area contributed by atoms with Crippen LogP contribution in [0.2, 0.25) is 5.02 Å². The second-order valence-corrected chi connectivity index (χ2v) is 7.03. The molecule has 1 aromatic carbocycles. The van der Waals surface area contributed by atoms with E-state index in [0.717, 1.165) is 16.8 Å². The molecule has 4 nitrogen and oxygen atoms in total. The summed E-state index contributed by atoms with van der Waals surface area (Å²) in [5, 5.41) is 0.475. The zero-order valence-electron chi connectivity index (χ0n) is 14.1. The fourth-order valence-corrected chi connectivity index (χ4v) is 3.22. The molecule has 2 heterocycles. The lowest BCUT2D eigenvalue weighted by Gasteiger charge is -2.28. The highest BCUT2D eigenvalue weighted by Crippen LogP contribution is 2.26. The second-order valence-electron chi connectivity index (χ2n) is 6.65. The summed E-state index contributed by atoms with van der Waals surface area (Å²) < 4.78 is 14.1. The predicted octanol–water partition coefficient (Wildman–Crippen LogP) is 3.55. The number of H-pyrrole nitrogens is 1. The van der Waals surface area contributed by atoms with Gasteiger partial charge in [-0.1, -0.05) is 31.5 Å². The molecule has 0 fully saturated rings. The molecule has 0 unspecified atom stereocenters. The largest absolute Gasteiger partial charge is 0.310 e. The molecule has 0 saturated heterocycles. The summed E-state index contributed by atoms with van der Waals surface area (Å²) in [6.45, 7) is 7.48. The van der Waals surface area contributed by atoms with Crippen LogP contribution in [0.25, 0.3) is 0 Å². The molecule has 1 aliphatic heterocycles. The molecule has 0 atom stereocenters. The van der Waals surface area contributed by atoms with Gasteiger partial charge in [-0.05, 0) is 25.0 Å². The molecule has 3 rings (SSSR count). The third kappa shape index (κ3) is 3.23. The SMILES string of the molecule is Cc1ccc(F)c(CN2CCc3c(nc(C(C)C)[nH]c3=O)C2)c1Cl. The van der Waals surface area contributed by atoms with Gasteiger partial charge in [0.2, 0.25) is 0 Å². The Bertz CT molecular complexity index is 832. The standard InChI is InChI=1S/C18H21ClFN3O/c1-10(2)17-21-15-9-23(7-6-12(15)18(24)22-17)8-13-14(20)5-4-11(3)16(13)19/h4-5,10H,6-9H2,1-3H3,(H,21,22,24). The molecule has 24 heavy (non-hydrogen) atoms. The Hall–Kier alpha value is -1.72. The Kier molecular flexibility index (Phi) is 4.74. The van der Waals surface area contributed by atoms with E-state index < -0.39 is 0 Å². The lowest BCUT2D eigenvalue weighted by molar-refractivity contribution is 0.236. The van der Waals surface area contributed by atoms with Gasteiger partial charge in [-0.2, -0.15) is 0 Å². The van der Waals surface area contributed by atoms with Crippen LogP contribution in [0.1, 0.15) is 48.0 Å². The van der Waals surface area contributed by atoms with Crippen LogP contribution in [0, 0.1) is 12.7 Å². The number of benzene rings is 1. The average molecular weight is 350 g/mol. The number of aromatic amines is 1. The van der Waals surface area contributed by atoms with E-state index in [-0.39, 0.29) is 17.3 Å². The number of nitrogens with one attached hydrogen (secondary N) is 1. The first kappa shape index (κ1) is 17.1. The van der Waals surface area contributed by atoms with Gasteiger partial charge in [0.25, 0.3) is 5.56 Å². The average Bonchev–Trinajstić information content (AvgIpc) is 2.54. The van der Waals surface area contributed by atoms with Crippen molar-refractivity contribution >= 4 is 11.6 Å². The number of hydrogen-bond acceptors (Lipinski definition) is 3. The van der Waals surface area contributed by atoms with Gasteiger partial charge in [0.1, 0.15) is 11.6 Å². The van der Waals surface area contributed by atoms with Gasteiger partial charge in [-0.15, -0.1) is 0 Å². The zero-order chi connectivity index (χ0) is 17.4. The molecular weight excluding hydrogens is 329 g/mol. The Morgan fingerprint density at radius 2 is 2.17 bits per heavy atom. The van der Waals surface area contributed by atoms with E-state index in [1.165, 1.54) is 6.07 Å². The van der Waals surface area contributed by atoms with Gasteiger partial charge in [0.15, 0.2) is 0 Å². The number of hydrogen-bond donors (Lipinski definition) is 1. The van der Waals surface area contributed by atoms with Crippen LogP contribution in [0.3, 0.4) is 0 Å². The first-order chi connectivity index (χ1) is 11.4. The van der Waals surface area contributed by atoms with Gasteiger partial charge in [-0.25, -0.2) is 9.37 Å². The van der Waals surface area contributed by atoms with Crippen LogP contribution in [0.5, 0.6) is 0 Å². The van der Waals surface area contributed by atoms with Crippen molar-refractivity contribution in [3.05, 3.63) is 61.5 Å². The quantitative estimate of drug-likeness (QED) is 0.921. The van der Waals surface area contributed by atoms with Crippen molar-refractivity contribution in [3.8, 4) is 0 Å². The third-order valence-electron chi connectivity index (χ3n) is 4.48. The van der Waals surface area contributed by atoms with E-state index in [1.54, 1.807) is 6.07 Å². The molecular formula is C18H21ClFN3O. The fraction of sp³-hybridized carbons (Fsp3) is 0.444. The summed E-state index contributed by atoms with van der Waals surface area (Å²) in [6.07, 6.45) is 0.612. The molecule has 1 N–H and O–H groups in total. The molecule has 6 heteroatoms. The summed E-state index contributed by atoms with van der Waals surface area (Å²) in [4.78, 5) is 21.8. The van der Waals surface area contributed by atoms with Crippen LogP contribution in [0.4, 0.5) is 4.39 Å². The van der Waals surface area contributed by atoms with Gasteiger partial charge in [-0.3, -0.25) is 9.69 Å². The monoisotopic (exact) mass is 349 g/mol. The minimum absolute atomic E-state index is 0.0527. The number of aromatic nitrogens is 2. The highest BCUT2D eigenvalue weighted by molar-refractivity contribution is 6.32. The van der Waals surface area contributed by atoms with Gasteiger partial charge < -0.3 is 4.98 Å². The highest BCUT2D eigenvalue weighted by Gasteiger charge is 2.23.